The summed E-state index contributed by atoms with van der Waals surface area (Å²) in [6, 6.07) is 8.14. The van der Waals surface area contributed by atoms with E-state index in [1.165, 1.54) is 5.56 Å². The maximum atomic E-state index is 11.6. The molecule has 2 aliphatic rings. The molecule has 2 fully saturated rings. The molecule has 7 heteroatoms. The average molecular weight is 392 g/mol. The molecule has 2 atom stereocenters. The molecule has 2 amide bonds. The summed E-state index contributed by atoms with van der Waals surface area (Å²) in [6.07, 6.45) is 1.92. The van der Waals surface area contributed by atoms with Gasteiger partial charge in [0.25, 0.3) is 0 Å². The molecule has 156 valence electrons. The Morgan fingerprint density at radius 2 is 2.25 bits per heavy atom. The van der Waals surface area contributed by atoms with Gasteiger partial charge < -0.3 is 24.8 Å². The highest BCUT2D eigenvalue weighted by Crippen LogP contribution is 2.33. The Labute approximate surface area is 167 Å². The van der Waals surface area contributed by atoms with Crippen molar-refractivity contribution in [3.8, 4) is 5.75 Å². The van der Waals surface area contributed by atoms with Crippen LogP contribution in [0.2, 0.25) is 0 Å². The molecule has 2 aliphatic heterocycles. The number of hydrogen-bond acceptors (Lipinski definition) is 5. The van der Waals surface area contributed by atoms with Crippen molar-refractivity contribution in [3.05, 3.63) is 29.8 Å². The molecule has 3 rings (SSSR count). The number of carbonyl (C=O) groups is 1. The lowest BCUT2D eigenvalue weighted by Crippen LogP contribution is -2.46. The van der Waals surface area contributed by atoms with E-state index in [2.05, 4.69) is 27.7 Å². The third-order valence-electron chi connectivity index (χ3n) is 5.21. The van der Waals surface area contributed by atoms with E-state index in [9.17, 15) is 4.79 Å². The summed E-state index contributed by atoms with van der Waals surface area (Å²) in [5, 5.41) is 5.64. The van der Waals surface area contributed by atoms with Crippen molar-refractivity contribution in [1.29, 1.82) is 0 Å². The third kappa shape index (κ3) is 5.83. The third-order valence-corrected chi connectivity index (χ3v) is 5.21. The fourth-order valence-electron chi connectivity index (χ4n) is 3.97. The van der Waals surface area contributed by atoms with Crippen LogP contribution in [0.4, 0.5) is 4.79 Å². The van der Waals surface area contributed by atoms with Gasteiger partial charge in [0.1, 0.15) is 11.4 Å². The van der Waals surface area contributed by atoms with Crippen LogP contribution in [0.3, 0.4) is 0 Å². The van der Waals surface area contributed by atoms with Gasteiger partial charge in [0.05, 0.1) is 25.9 Å². The van der Waals surface area contributed by atoms with Crippen LogP contribution >= 0.6 is 0 Å². The van der Waals surface area contributed by atoms with Crippen molar-refractivity contribution in [1.82, 2.24) is 15.5 Å². The van der Waals surface area contributed by atoms with Crippen LogP contribution in [0.5, 0.6) is 5.75 Å². The maximum absolute atomic E-state index is 11.6. The second-order valence-corrected chi connectivity index (χ2v) is 7.55. The van der Waals surface area contributed by atoms with Gasteiger partial charge >= 0.3 is 6.03 Å². The van der Waals surface area contributed by atoms with E-state index >= 15 is 0 Å². The first kappa shape index (κ1) is 20.9. The van der Waals surface area contributed by atoms with Crippen molar-refractivity contribution in [2.75, 3.05) is 46.0 Å². The lowest BCUT2D eigenvalue weighted by atomic mass is 10.00. The zero-order valence-corrected chi connectivity index (χ0v) is 17.0. The van der Waals surface area contributed by atoms with E-state index in [4.69, 9.17) is 14.2 Å². The number of hydrogen-bond donors (Lipinski definition) is 2. The van der Waals surface area contributed by atoms with E-state index in [1.807, 2.05) is 26.0 Å². The number of benzene rings is 1. The molecule has 2 heterocycles. The molecule has 7 nitrogen and oxygen atoms in total. The smallest absolute Gasteiger partial charge is 0.314 e. The Morgan fingerprint density at radius 3 is 3.07 bits per heavy atom. The largest absolute Gasteiger partial charge is 0.494 e. The van der Waals surface area contributed by atoms with E-state index in [0.717, 1.165) is 38.2 Å². The molecule has 0 bridgehead atoms. The van der Waals surface area contributed by atoms with Crippen molar-refractivity contribution in [2.24, 2.45) is 0 Å². The molecule has 1 spiro atoms. The Morgan fingerprint density at radius 1 is 1.36 bits per heavy atom. The summed E-state index contributed by atoms with van der Waals surface area (Å²) >= 11 is 0. The van der Waals surface area contributed by atoms with E-state index in [1.54, 1.807) is 0 Å². The quantitative estimate of drug-likeness (QED) is 0.745. The molecule has 0 radical (unpaired) electrons. The minimum Gasteiger partial charge on any atom is -0.494 e. The summed E-state index contributed by atoms with van der Waals surface area (Å²) in [6.45, 7) is 9.60. The van der Waals surface area contributed by atoms with Crippen LogP contribution in [-0.2, 0) is 16.0 Å². The maximum Gasteiger partial charge on any atom is 0.314 e. The molecule has 0 aromatic heterocycles. The summed E-state index contributed by atoms with van der Waals surface area (Å²) in [5.74, 6) is 0.911. The SMILES string of the molecule is CCNC(=O)NC[C@H]1CC[C@]2(COCCN(Cc3cccc(OCC)c3)C2)O1. The number of amides is 2. The lowest BCUT2D eigenvalue weighted by molar-refractivity contribution is -0.0847. The Bertz CT molecular complexity index is 642. The zero-order chi connectivity index (χ0) is 19.8. The summed E-state index contributed by atoms with van der Waals surface area (Å²) < 4.78 is 17.9. The molecule has 1 aromatic rings. The fraction of sp³-hybridized carbons (Fsp3) is 0.667. The van der Waals surface area contributed by atoms with Gasteiger partial charge in [-0.3, -0.25) is 4.90 Å². The molecule has 28 heavy (non-hydrogen) atoms. The highest BCUT2D eigenvalue weighted by atomic mass is 16.6. The Hall–Kier alpha value is -1.83. The Kier molecular flexibility index (Phi) is 7.53. The predicted molar refractivity (Wildman–Crippen MR) is 108 cm³/mol. The molecule has 1 aromatic carbocycles. The molecule has 0 aliphatic carbocycles. The van der Waals surface area contributed by atoms with Crippen molar-refractivity contribution in [3.63, 3.8) is 0 Å². The zero-order valence-electron chi connectivity index (χ0n) is 17.0. The lowest BCUT2D eigenvalue weighted by Gasteiger charge is -2.32. The van der Waals surface area contributed by atoms with Crippen LogP contribution in [0.1, 0.15) is 32.3 Å². The van der Waals surface area contributed by atoms with E-state index < -0.39 is 0 Å². The molecule has 0 unspecified atom stereocenters. The van der Waals surface area contributed by atoms with Crippen LogP contribution in [0, 0.1) is 0 Å². The number of carbonyl (C=O) groups excluding carboxylic acids is 1. The van der Waals surface area contributed by atoms with Gasteiger partial charge in [-0.15, -0.1) is 0 Å². The molecule has 0 saturated carbocycles. The number of rotatable bonds is 7. The monoisotopic (exact) mass is 391 g/mol. The number of nitrogens with zero attached hydrogens (tertiary/aromatic N) is 1. The van der Waals surface area contributed by atoms with Crippen molar-refractivity contribution < 1.29 is 19.0 Å². The van der Waals surface area contributed by atoms with Gasteiger partial charge in [0, 0.05) is 32.7 Å². The minimum atomic E-state index is -0.290. The van der Waals surface area contributed by atoms with E-state index in [-0.39, 0.29) is 17.7 Å². The topological polar surface area (TPSA) is 72.1 Å². The fourth-order valence-corrected chi connectivity index (χ4v) is 3.97. The molecule has 2 saturated heterocycles. The number of ether oxygens (including phenoxy) is 3. The van der Waals surface area contributed by atoms with Gasteiger partial charge in [-0.05, 0) is 44.4 Å². The van der Waals surface area contributed by atoms with Gasteiger partial charge in [0.15, 0.2) is 0 Å². The average Bonchev–Trinajstić information content (AvgIpc) is 2.96. The molecular weight excluding hydrogens is 358 g/mol. The standard InChI is InChI=1S/C21H33N3O4/c1-3-22-20(25)23-13-19-8-9-21(28-19)15-24(10-11-26-16-21)14-17-6-5-7-18(12-17)27-4-2/h5-7,12,19H,3-4,8-11,13-16H2,1-2H3,(H2,22,23,25)/t19-,21+/m1/s1. The highest BCUT2D eigenvalue weighted by molar-refractivity contribution is 5.73. The van der Waals surface area contributed by atoms with Crippen molar-refractivity contribution >= 4 is 6.03 Å². The van der Waals surface area contributed by atoms with Crippen LogP contribution in [-0.4, -0.2) is 68.6 Å². The van der Waals surface area contributed by atoms with Crippen LogP contribution in [0.15, 0.2) is 24.3 Å². The summed E-state index contributed by atoms with van der Waals surface area (Å²) in [5.41, 5.74) is 0.942. The predicted octanol–water partition coefficient (Wildman–Crippen LogP) is 2.15. The first-order valence-corrected chi connectivity index (χ1v) is 10.3. The number of urea groups is 1. The van der Waals surface area contributed by atoms with E-state index in [0.29, 0.717) is 32.9 Å². The van der Waals surface area contributed by atoms with Gasteiger partial charge in [0.2, 0.25) is 0 Å². The summed E-state index contributed by atoms with van der Waals surface area (Å²) in [4.78, 5) is 14.0. The van der Waals surface area contributed by atoms with Gasteiger partial charge in [-0.1, -0.05) is 12.1 Å². The van der Waals surface area contributed by atoms with Gasteiger partial charge in [-0.25, -0.2) is 4.79 Å². The van der Waals surface area contributed by atoms with Crippen molar-refractivity contribution in [2.45, 2.75) is 44.9 Å². The van der Waals surface area contributed by atoms with Crippen LogP contribution < -0.4 is 15.4 Å². The first-order valence-electron chi connectivity index (χ1n) is 10.3. The summed E-state index contributed by atoms with van der Waals surface area (Å²) in [7, 11) is 0. The second kappa shape index (κ2) is 10.1. The second-order valence-electron chi connectivity index (χ2n) is 7.55. The minimum absolute atomic E-state index is 0.0347. The van der Waals surface area contributed by atoms with Gasteiger partial charge in [-0.2, -0.15) is 0 Å². The first-order chi connectivity index (χ1) is 13.6. The molecular formula is C21H33N3O4. The number of nitrogens with one attached hydrogen (secondary N) is 2. The highest BCUT2D eigenvalue weighted by Gasteiger charge is 2.43. The Balaban J connectivity index is 1.56. The normalized spacial score (nSPS) is 25.4. The van der Waals surface area contributed by atoms with Crippen LogP contribution in [0.25, 0.3) is 0 Å². The molecule has 2 N–H and O–H groups in total.